The van der Waals surface area contributed by atoms with Gasteiger partial charge in [0.25, 0.3) is 0 Å². The summed E-state index contributed by atoms with van der Waals surface area (Å²) in [5.41, 5.74) is 6.84. The van der Waals surface area contributed by atoms with Crippen LogP contribution in [0.3, 0.4) is 0 Å². The van der Waals surface area contributed by atoms with Gasteiger partial charge in [-0.15, -0.1) is 0 Å². The molecule has 1 heterocycles. The van der Waals surface area contributed by atoms with Gasteiger partial charge in [0, 0.05) is 22.8 Å². The molecular formula is C9H12BrN3. The van der Waals surface area contributed by atoms with E-state index < -0.39 is 0 Å². The lowest BCUT2D eigenvalue weighted by Crippen LogP contribution is -2.14. The number of anilines is 1. The van der Waals surface area contributed by atoms with Gasteiger partial charge in [-0.2, -0.15) is 0 Å². The standard InChI is InChI=1S/C9H12BrN3/c1-5-2-6(10)4-12-9(5)13-8-3-7(8)11/h2,4,7-8H,3,11H2,1H3,(H,12,13). The minimum atomic E-state index is 0.310. The number of pyridine rings is 1. The second kappa shape index (κ2) is 3.27. The molecule has 2 unspecified atom stereocenters. The molecule has 0 saturated heterocycles. The van der Waals surface area contributed by atoms with Crippen molar-refractivity contribution < 1.29 is 0 Å². The van der Waals surface area contributed by atoms with Gasteiger partial charge in [0.1, 0.15) is 5.82 Å². The number of nitrogens with one attached hydrogen (secondary N) is 1. The van der Waals surface area contributed by atoms with E-state index in [2.05, 4.69) is 26.2 Å². The van der Waals surface area contributed by atoms with Gasteiger partial charge in [-0.3, -0.25) is 0 Å². The molecule has 4 heteroatoms. The molecule has 2 rings (SSSR count). The summed E-state index contributed by atoms with van der Waals surface area (Å²) in [5, 5.41) is 3.30. The zero-order valence-electron chi connectivity index (χ0n) is 7.42. The summed E-state index contributed by atoms with van der Waals surface area (Å²) in [6, 6.07) is 2.78. The minimum absolute atomic E-state index is 0.310. The number of rotatable bonds is 2. The Balaban J connectivity index is 2.11. The van der Waals surface area contributed by atoms with Crippen LogP contribution >= 0.6 is 15.9 Å². The zero-order valence-corrected chi connectivity index (χ0v) is 9.01. The van der Waals surface area contributed by atoms with Crippen molar-refractivity contribution in [2.24, 2.45) is 5.73 Å². The highest BCUT2D eigenvalue weighted by atomic mass is 79.9. The number of hydrogen-bond donors (Lipinski definition) is 2. The van der Waals surface area contributed by atoms with Gasteiger partial charge in [0.2, 0.25) is 0 Å². The molecule has 1 saturated carbocycles. The SMILES string of the molecule is Cc1cc(Br)cnc1NC1CC1N. The van der Waals surface area contributed by atoms with Crippen LogP contribution < -0.4 is 11.1 Å². The highest BCUT2D eigenvalue weighted by Crippen LogP contribution is 2.25. The first kappa shape index (κ1) is 8.97. The second-order valence-electron chi connectivity index (χ2n) is 3.47. The number of aryl methyl sites for hydroxylation is 1. The summed E-state index contributed by atoms with van der Waals surface area (Å²) in [6.07, 6.45) is 2.85. The van der Waals surface area contributed by atoms with Crippen molar-refractivity contribution in [1.82, 2.24) is 4.98 Å². The van der Waals surface area contributed by atoms with E-state index in [9.17, 15) is 0 Å². The molecule has 0 aromatic carbocycles. The molecule has 0 spiro atoms. The number of aromatic nitrogens is 1. The van der Waals surface area contributed by atoms with Crippen molar-refractivity contribution >= 4 is 21.7 Å². The van der Waals surface area contributed by atoms with E-state index in [4.69, 9.17) is 5.73 Å². The molecule has 3 nitrogen and oxygen atoms in total. The Bertz CT molecular complexity index is 327. The first-order chi connectivity index (χ1) is 6.16. The third-order valence-corrected chi connectivity index (χ3v) is 2.64. The predicted octanol–water partition coefficient (Wildman–Crippen LogP) is 1.66. The highest BCUT2D eigenvalue weighted by molar-refractivity contribution is 9.10. The molecule has 3 N–H and O–H groups in total. The Morgan fingerprint density at radius 3 is 2.92 bits per heavy atom. The maximum atomic E-state index is 5.69. The Kier molecular flexibility index (Phi) is 2.26. The average molecular weight is 242 g/mol. The molecule has 1 fully saturated rings. The van der Waals surface area contributed by atoms with Gasteiger partial charge in [-0.1, -0.05) is 0 Å². The Hall–Kier alpha value is -0.610. The van der Waals surface area contributed by atoms with Crippen molar-refractivity contribution in [2.45, 2.75) is 25.4 Å². The molecule has 1 aromatic heterocycles. The van der Waals surface area contributed by atoms with Crippen molar-refractivity contribution in [3.8, 4) is 0 Å². The number of hydrogen-bond acceptors (Lipinski definition) is 3. The molecule has 1 aliphatic carbocycles. The van der Waals surface area contributed by atoms with Gasteiger partial charge < -0.3 is 11.1 Å². The summed E-state index contributed by atoms with van der Waals surface area (Å²) in [6.45, 7) is 2.04. The van der Waals surface area contributed by atoms with Crippen LogP contribution in [-0.4, -0.2) is 17.1 Å². The number of nitrogens with zero attached hydrogens (tertiary/aromatic N) is 1. The maximum absolute atomic E-state index is 5.69. The van der Waals surface area contributed by atoms with E-state index in [1.165, 1.54) is 0 Å². The normalized spacial score (nSPS) is 25.8. The molecule has 13 heavy (non-hydrogen) atoms. The topological polar surface area (TPSA) is 50.9 Å². The largest absolute Gasteiger partial charge is 0.365 e. The molecule has 0 aliphatic heterocycles. The van der Waals surface area contributed by atoms with E-state index in [1.807, 2.05) is 13.0 Å². The molecule has 70 valence electrons. The summed E-state index contributed by atoms with van der Waals surface area (Å²) >= 11 is 3.38. The fraction of sp³-hybridized carbons (Fsp3) is 0.444. The monoisotopic (exact) mass is 241 g/mol. The van der Waals surface area contributed by atoms with Crippen molar-refractivity contribution in [3.63, 3.8) is 0 Å². The Labute approximate surface area is 85.9 Å². The summed E-state index contributed by atoms with van der Waals surface area (Å²) < 4.78 is 1.01. The molecule has 0 bridgehead atoms. The zero-order chi connectivity index (χ0) is 9.42. The van der Waals surface area contributed by atoms with Crippen LogP contribution in [0.15, 0.2) is 16.7 Å². The fourth-order valence-corrected chi connectivity index (χ4v) is 1.69. The lowest BCUT2D eigenvalue weighted by atomic mass is 10.3. The quantitative estimate of drug-likeness (QED) is 0.829. The van der Waals surface area contributed by atoms with Crippen LogP contribution in [0, 0.1) is 6.92 Å². The maximum Gasteiger partial charge on any atom is 0.129 e. The van der Waals surface area contributed by atoms with Gasteiger partial charge in [0.15, 0.2) is 0 Å². The second-order valence-corrected chi connectivity index (χ2v) is 4.39. The molecule has 1 aromatic rings. The number of halogens is 1. The molecule has 0 amide bonds. The number of nitrogens with two attached hydrogens (primary N) is 1. The average Bonchev–Trinajstić information content (AvgIpc) is 2.73. The third kappa shape index (κ3) is 2.00. The van der Waals surface area contributed by atoms with Crippen molar-refractivity contribution in [1.29, 1.82) is 0 Å². The van der Waals surface area contributed by atoms with Gasteiger partial charge >= 0.3 is 0 Å². The minimum Gasteiger partial charge on any atom is -0.365 e. The van der Waals surface area contributed by atoms with E-state index in [-0.39, 0.29) is 0 Å². The van der Waals surface area contributed by atoms with Crippen LogP contribution in [0.2, 0.25) is 0 Å². The summed E-state index contributed by atoms with van der Waals surface area (Å²) in [7, 11) is 0. The van der Waals surface area contributed by atoms with Crippen molar-refractivity contribution in [3.05, 3.63) is 22.3 Å². The third-order valence-electron chi connectivity index (χ3n) is 2.21. The Morgan fingerprint density at radius 1 is 1.69 bits per heavy atom. The first-order valence-corrected chi connectivity index (χ1v) is 5.10. The summed E-state index contributed by atoms with van der Waals surface area (Å²) in [4.78, 5) is 4.28. The lowest BCUT2D eigenvalue weighted by Gasteiger charge is -2.07. The molecule has 1 aliphatic rings. The smallest absolute Gasteiger partial charge is 0.129 e. The van der Waals surface area contributed by atoms with Crippen LogP contribution in [-0.2, 0) is 0 Å². The van der Waals surface area contributed by atoms with E-state index in [0.29, 0.717) is 12.1 Å². The molecule has 0 radical (unpaired) electrons. The van der Waals surface area contributed by atoms with Gasteiger partial charge in [-0.25, -0.2) is 4.98 Å². The van der Waals surface area contributed by atoms with Crippen molar-refractivity contribution in [2.75, 3.05) is 5.32 Å². The summed E-state index contributed by atoms with van der Waals surface area (Å²) in [5.74, 6) is 0.946. The van der Waals surface area contributed by atoms with Gasteiger partial charge in [0.05, 0.1) is 0 Å². The first-order valence-electron chi connectivity index (χ1n) is 4.31. The molecule has 2 atom stereocenters. The van der Waals surface area contributed by atoms with E-state index >= 15 is 0 Å². The lowest BCUT2D eigenvalue weighted by molar-refractivity contribution is 0.992. The predicted molar refractivity (Wildman–Crippen MR) is 56.7 cm³/mol. The van der Waals surface area contributed by atoms with Crippen LogP contribution in [0.1, 0.15) is 12.0 Å². The fourth-order valence-electron chi connectivity index (χ4n) is 1.25. The van der Waals surface area contributed by atoms with Crippen LogP contribution in [0.5, 0.6) is 0 Å². The van der Waals surface area contributed by atoms with Gasteiger partial charge in [-0.05, 0) is 40.9 Å². The van der Waals surface area contributed by atoms with E-state index in [1.54, 1.807) is 6.20 Å². The van der Waals surface area contributed by atoms with Crippen LogP contribution in [0.25, 0.3) is 0 Å². The van der Waals surface area contributed by atoms with E-state index in [0.717, 1.165) is 22.3 Å². The Morgan fingerprint density at radius 2 is 2.38 bits per heavy atom. The highest BCUT2D eigenvalue weighted by Gasteiger charge is 2.33. The van der Waals surface area contributed by atoms with Crippen LogP contribution in [0.4, 0.5) is 5.82 Å². The molecular weight excluding hydrogens is 230 g/mol.